The molecule has 84 valence electrons. The minimum atomic E-state index is -1.19. The predicted molar refractivity (Wildman–Crippen MR) is 64.1 cm³/mol. The summed E-state index contributed by atoms with van der Waals surface area (Å²) >= 11 is 1.73. The standard InChI is InChI=1S/C9H6INO5/c10-7-4-6(11(15)16)3-5(9(7)14)1-2-8(12)13/h1-4,14H,(H,12,13)/b2-1+. The van der Waals surface area contributed by atoms with Crippen molar-refractivity contribution < 1.29 is 19.9 Å². The number of carbonyl (C=O) groups is 1. The van der Waals surface area contributed by atoms with E-state index in [-0.39, 0.29) is 20.6 Å². The lowest BCUT2D eigenvalue weighted by atomic mass is 10.1. The number of nitro benzene ring substituents is 1. The molecule has 2 N–H and O–H groups in total. The molecule has 0 radical (unpaired) electrons. The molecule has 0 bridgehead atoms. The summed E-state index contributed by atoms with van der Waals surface area (Å²) in [5, 5.41) is 28.5. The first-order chi connectivity index (χ1) is 7.41. The number of nitro groups is 1. The van der Waals surface area contributed by atoms with Gasteiger partial charge in [-0.1, -0.05) is 0 Å². The first-order valence-corrected chi connectivity index (χ1v) is 5.07. The summed E-state index contributed by atoms with van der Waals surface area (Å²) in [6.07, 6.45) is 1.90. The van der Waals surface area contributed by atoms with E-state index in [1.54, 1.807) is 22.6 Å². The van der Waals surface area contributed by atoms with Gasteiger partial charge >= 0.3 is 5.97 Å². The maximum atomic E-state index is 10.5. The smallest absolute Gasteiger partial charge is 0.328 e. The number of benzene rings is 1. The Balaban J connectivity index is 3.27. The monoisotopic (exact) mass is 335 g/mol. The number of aliphatic carboxylic acids is 1. The molecule has 7 heteroatoms. The summed E-state index contributed by atoms with van der Waals surface area (Å²) in [4.78, 5) is 20.2. The Morgan fingerprint density at radius 3 is 2.62 bits per heavy atom. The Morgan fingerprint density at radius 1 is 1.50 bits per heavy atom. The van der Waals surface area contributed by atoms with Crippen LogP contribution in [0.2, 0.25) is 0 Å². The number of non-ortho nitro benzene ring substituents is 1. The molecule has 0 aliphatic carbocycles. The van der Waals surface area contributed by atoms with E-state index in [2.05, 4.69) is 0 Å². The van der Waals surface area contributed by atoms with Crippen LogP contribution < -0.4 is 0 Å². The highest BCUT2D eigenvalue weighted by molar-refractivity contribution is 14.1. The van der Waals surface area contributed by atoms with Crippen LogP contribution in [0.5, 0.6) is 5.75 Å². The minimum absolute atomic E-state index is 0.0981. The van der Waals surface area contributed by atoms with Gasteiger partial charge in [0, 0.05) is 23.8 Å². The number of phenols is 1. The number of carboxylic acids is 1. The third-order valence-corrected chi connectivity index (χ3v) is 2.52. The molecule has 0 heterocycles. The maximum absolute atomic E-state index is 10.5. The SMILES string of the molecule is O=C(O)/C=C/c1cc([N+](=O)[O-])cc(I)c1O. The molecule has 0 saturated carbocycles. The van der Waals surface area contributed by atoms with E-state index >= 15 is 0 Å². The summed E-state index contributed by atoms with van der Waals surface area (Å²) in [6, 6.07) is 2.31. The highest BCUT2D eigenvalue weighted by atomic mass is 127. The molecule has 0 aromatic heterocycles. The highest BCUT2D eigenvalue weighted by Gasteiger charge is 2.13. The molecule has 0 spiro atoms. The molecule has 1 aromatic rings. The molecule has 0 aliphatic rings. The van der Waals surface area contributed by atoms with Crippen LogP contribution in [0.25, 0.3) is 6.08 Å². The molecule has 1 rings (SSSR count). The van der Waals surface area contributed by atoms with Crippen LogP contribution >= 0.6 is 22.6 Å². The summed E-state index contributed by atoms with van der Waals surface area (Å²) in [5.41, 5.74) is -0.103. The van der Waals surface area contributed by atoms with Gasteiger partial charge in [0.2, 0.25) is 0 Å². The molecule has 0 aliphatic heterocycles. The van der Waals surface area contributed by atoms with Crippen molar-refractivity contribution in [3.8, 4) is 5.75 Å². The van der Waals surface area contributed by atoms with E-state index in [1.165, 1.54) is 6.07 Å². The van der Waals surface area contributed by atoms with Gasteiger partial charge in [-0.3, -0.25) is 10.1 Å². The zero-order chi connectivity index (χ0) is 12.3. The van der Waals surface area contributed by atoms with Gasteiger partial charge in [0.05, 0.1) is 8.49 Å². The maximum Gasteiger partial charge on any atom is 0.328 e. The molecular weight excluding hydrogens is 329 g/mol. The molecular formula is C9H6INO5. The quantitative estimate of drug-likeness (QED) is 0.381. The van der Waals surface area contributed by atoms with E-state index < -0.39 is 10.9 Å². The lowest BCUT2D eigenvalue weighted by Gasteiger charge is -2.01. The predicted octanol–water partition coefficient (Wildman–Crippen LogP) is 2.00. The van der Waals surface area contributed by atoms with Crippen molar-refractivity contribution in [2.45, 2.75) is 0 Å². The van der Waals surface area contributed by atoms with Crippen molar-refractivity contribution in [2.24, 2.45) is 0 Å². The second-order valence-corrected chi connectivity index (χ2v) is 3.96. The Labute approximate surface area is 104 Å². The minimum Gasteiger partial charge on any atom is -0.506 e. The molecule has 0 atom stereocenters. The number of halogens is 1. The number of rotatable bonds is 3. The Kier molecular flexibility index (Phi) is 3.82. The van der Waals surface area contributed by atoms with Gasteiger partial charge in [0.15, 0.2) is 0 Å². The summed E-state index contributed by atoms with van der Waals surface area (Å²) in [7, 11) is 0. The average molecular weight is 335 g/mol. The van der Waals surface area contributed by atoms with Crippen LogP contribution in [0.4, 0.5) is 5.69 Å². The van der Waals surface area contributed by atoms with Gasteiger partial charge in [-0.15, -0.1) is 0 Å². The average Bonchev–Trinajstić information content (AvgIpc) is 2.19. The second-order valence-electron chi connectivity index (χ2n) is 2.79. The zero-order valence-electron chi connectivity index (χ0n) is 7.75. The topological polar surface area (TPSA) is 101 Å². The first kappa shape index (κ1) is 12.4. The van der Waals surface area contributed by atoms with Gasteiger partial charge in [-0.05, 0) is 28.7 Å². The molecule has 0 fully saturated rings. The number of phenolic OH excluding ortho intramolecular Hbond substituents is 1. The fourth-order valence-corrected chi connectivity index (χ4v) is 1.63. The van der Waals surface area contributed by atoms with Crippen molar-refractivity contribution in [3.05, 3.63) is 37.5 Å². The fraction of sp³-hybridized carbons (Fsp3) is 0. The molecule has 0 unspecified atom stereocenters. The number of aromatic hydroxyl groups is 1. The largest absolute Gasteiger partial charge is 0.506 e. The number of hydrogen-bond acceptors (Lipinski definition) is 4. The summed E-state index contributed by atoms with van der Waals surface area (Å²) < 4.78 is 0.289. The van der Waals surface area contributed by atoms with Gasteiger partial charge < -0.3 is 10.2 Å². The van der Waals surface area contributed by atoms with Crippen LogP contribution in [0.3, 0.4) is 0 Å². The van der Waals surface area contributed by atoms with Gasteiger partial charge in [0.25, 0.3) is 5.69 Å². The number of carboxylic acid groups (broad SMARTS) is 1. The third-order valence-electron chi connectivity index (χ3n) is 1.69. The van der Waals surface area contributed by atoms with E-state index in [1.807, 2.05) is 0 Å². The van der Waals surface area contributed by atoms with Crippen molar-refractivity contribution in [3.63, 3.8) is 0 Å². The Bertz CT molecular complexity index is 483. The highest BCUT2D eigenvalue weighted by Crippen LogP contribution is 2.30. The van der Waals surface area contributed by atoms with Crippen molar-refractivity contribution in [1.82, 2.24) is 0 Å². The molecule has 0 saturated heterocycles. The first-order valence-electron chi connectivity index (χ1n) is 3.99. The number of hydrogen-bond donors (Lipinski definition) is 2. The lowest BCUT2D eigenvalue weighted by molar-refractivity contribution is -0.385. The fourth-order valence-electron chi connectivity index (χ4n) is 0.999. The van der Waals surface area contributed by atoms with E-state index in [9.17, 15) is 20.0 Å². The van der Waals surface area contributed by atoms with E-state index in [0.29, 0.717) is 0 Å². The Morgan fingerprint density at radius 2 is 2.12 bits per heavy atom. The van der Waals surface area contributed by atoms with Crippen LogP contribution in [-0.2, 0) is 4.79 Å². The lowest BCUT2D eigenvalue weighted by Crippen LogP contribution is -1.91. The van der Waals surface area contributed by atoms with Gasteiger partial charge in [0.1, 0.15) is 5.75 Å². The van der Waals surface area contributed by atoms with Gasteiger partial charge in [-0.25, -0.2) is 4.79 Å². The summed E-state index contributed by atoms with van der Waals surface area (Å²) in [5.74, 6) is -1.37. The molecule has 16 heavy (non-hydrogen) atoms. The molecule has 1 aromatic carbocycles. The van der Waals surface area contributed by atoms with Crippen molar-refractivity contribution >= 4 is 40.3 Å². The van der Waals surface area contributed by atoms with Crippen LogP contribution in [0, 0.1) is 13.7 Å². The van der Waals surface area contributed by atoms with Gasteiger partial charge in [-0.2, -0.15) is 0 Å². The zero-order valence-corrected chi connectivity index (χ0v) is 9.91. The van der Waals surface area contributed by atoms with Crippen LogP contribution in [-0.4, -0.2) is 21.1 Å². The molecule has 0 amide bonds. The number of nitrogens with zero attached hydrogens (tertiary/aromatic N) is 1. The molecule has 6 nitrogen and oxygen atoms in total. The van der Waals surface area contributed by atoms with Crippen molar-refractivity contribution in [1.29, 1.82) is 0 Å². The van der Waals surface area contributed by atoms with Crippen LogP contribution in [0.15, 0.2) is 18.2 Å². The summed E-state index contributed by atoms with van der Waals surface area (Å²) in [6.45, 7) is 0. The second kappa shape index (κ2) is 4.92. The van der Waals surface area contributed by atoms with E-state index in [4.69, 9.17) is 5.11 Å². The third kappa shape index (κ3) is 2.92. The van der Waals surface area contributed by atoms with Crippen LogP contribution in [0.1, 0.15) is 5.56 Å². The normalized spacial score (nSPS) is 10.6. The Hall–Kier alpha value is -1.64. The van der Waals surface area contributed by atoms with E-state index in [0.717, 1.165) is 18.2 Å². The van der Waals surface area contributed by atoms with Crippen molar-refractivity contribution in [2.75, 3.05) is 0 Å².